The average Bonchev–Trinajstić information content (AvgIpc) is 2.55. The summed E-state index contributed by atoms with van der Waals surface area (Å²) < 4.78 is 37.8. The van der Waals surface area contributed by atoms with Crippen LogP contribution in [0.1, 0.15) is 15.9 Å². The maximum atomic E-state index is 12.6. The van der Waals surface area contributed by atoms with E-state index in [1.807, 2.05) is 0 Å². The van der Waals surface area contributed by atoms with Crippen LogP contribution in [0.2, 0.25) is 5.02 Å². The Bertz CT molecular complexity index is 926. The molecule has 0 atom stereocenters. The summed E-state index contributed by atoms with van der Waals surface area (Å²) in [5.74, 6) is -0.754. The molecule has 2 rings (SSSR count). The third-order valence-electron chi connectivity index (χ3n) is 3.47. The minimum atomic E-state index is -4.05. The number of carboxylic acids is 1. The van der Waals surface area contributed by atoms with Crippen molar-refractivity contribution >= 4 is 33.3 Å². The highest BCUT2D eigenvalue weighted by Gasteiger charge is 2.20. The second-order valence-corrected chi connectivity index (χ2v) is 7.16. The standard InChI is InChI=1S/C16H16ClNO6S/c1-9-4-5-10(6-11(9)16(19)20)25(21,22)18-13-8-14(23-2)12(17)7-15(13)24-3/h4-8,18H,1-3H3,(H,19,20). The summed E-state index contributed by atoms with van der Waals surface area (Å²) in [7, 11) is -1.29. The molecule has 0 saturated heterocycles. The molecular formula is C16H16ClNO6S. The number of benzene rings is 2. The van der Waals surface area contributed by atoms with Gasteiger partial charge in [0.15, 0.2) is 0 Å². The molecule has 0 radical (unpaired) electrons. The van der Waals surface area contributed by atoms with Crippen molar-refractivity contribution in [3.05, 3.63) is 46.5 Å². The van der Waals surface area contributed by atoms with E-state index in [2.05, 4.69) is 4.72 Å². The Morgan fingerprint density at radius 3 is 2.32 bits per heavy atom. The number of hydrogen-bond acceptors (Lipinski definition) is 5. The molecule has 7 nitrogen and oxygen atoms in total. The SMILES string of the molecule is COc1cc(NS(=O)(=O)c2ccc(C)c(C(=O)O)c2)c(OC)cc1Cl. The highest BCUT2D eigenvalue weighted by Crippen LogP contribution is 2.37. The van der Waals surface area contributed by atoms with Gasteiger partial charge in [0.2, 0.25) is 0 Å². The van der Waals surface area contributed by atoms with Gasteiger partial charge in [0.25, 0.3) is 10.0 Å². The fraction of sp³-hybridized carbons (Fsp3) is 0.188. The summed E-state index contributed by atoms with van der Waals surface area (Å²) in [6.45, 7) is 1.58. The van der Waals surface area contributed by atoms with Crippen molar-refractivity contribution < 1.29 is 27.8 Å². The van der Waals surface area contributed by atoms with E-state index >= 15 is 0 Å². The van der Waals surface area contributed by atoms with Crippen LogP contribution in [0.3, 0.4) is 0 Å². The van der Waals surface area contributed by atoms with Gasteiger partial charge in [0.1, 0.15) is 11.5 Å². The minimum absolute atomic E-state index is 0.0940. The van der Waals surface area contributed by atoms with Gasteiger partial charge in [0, 0.05) is 12.1 Å². The molecule has 0 aliphatic carbocycles. The maximum absolute atomic E-state index is 12.6. The Labute approximate surface area is 150 Å². The van der Waals surface area contributed by atoms with Gasteiger partial charge in [-0.3, -0.25) is 4.72 Å². The van der Waals surface area contributed by atoms with Crippen LogP contribution >= 0.6 is 11.6 Å². The lowest BCUT2D eigenvalue weighted by molar-refractivity contribution is 0.0696. The average molecular weight is 386 g/mol. The molecule has 0 aliphatic heterocycles. The van der Waals surface area contributed by atoms with Crippen molar-refractivity contribution in [3.63, 3.8) is 0 Å². The molecule has 0 aliphatic rings. The Hall–Kier alpha value is -2.45. The normalized spacial score (nSPS) is 11.0. The molecule has 2 N–H and O–H groups in total. The van der Waals surface area contributed by atoms with Crippen LogP contribution in [-0.4, -0.2) is 33.7 Å². The van der Waals surface area contributed by atoms with Crippen LogP contribution < -0.4 is 14.2 Å². The first-order valence-corrected chi connectivity index (χ1v) is 8.84. The molecule has 0 fully saturated rings. The minimum Gasteiger partial charge on any atom is -0.495 e. The number of aromatic carboxylic acids is 1. The van der Waals surface area contributed by atoms with E-state index in [9.17, 15) is 13.2 Å². The molecule has 9 heteroatoms. The quantitative estimate of drug-likeness (QED) is 0.791. The fourth-order valence-corrected chi connectivity index (χ4v) is 3.46. The van der Waals surface area contributed by atoms with Crippen molar-refractivity contribution in [3.8, 4) is 11.5 Å². The van der Waals surface area contributed by atoms with Gasteiger partial charge in [-0.25, -0.2) is 13.2 Å². The van der Waals surface area contributed by atoms with Crippen LogP contribution in [-0.2, 0) is 10.0 Å². The zero-order valence-electron chi connectivity index (χ0n) is 13.7. The van der Waals surface area contributed by atoms with Crippen LogP contribution in [0.25, 0.3) is 0 Å². The van der Waals surface area contributed by atoms with Crippen molar-refractivity contribution in [2.24, 2.45) is 0 Å². The number of sulfonamides is 1. The predicted molar refractivity (Wildman–Crippen MR) is 93.5 cm³/mol. The first-order chi connectivity index (χ1) is 11.7. The largest absolute Gasteiger partial charge is 0.495 e. The van der Waals surface area contributed by atoms with Gasteiger partial charge < -0.3 is 14.6 Å². The third-order valence-corrected chi connectivity index (χ3v) is 5.13. The summed E-state index contributed by atoms with van der Waals surface area (Å²) in [4.78, 5) is 11.0. The molecule has 0 amide bonds. The van der Waals surface area contributed by atoms with Crippen molar-refractivity contribution in [1.82, 2.24) is 0 Å². The molecule has 25 heavy (non-hydrogen) atoms. The van der Waals surface area contributed by atoms with Crippen LogP contribution in [0.5, 0.6) is 11.5 Å². The zero-order valence-corrected chi connectivity index (χ0v) is 15.2. The Balaban J connectivity index is 2.49. The number of rotatable bonds is 6. The van der Waals surface area contributed by atoms with Crippen molar-refractivity contribution in [1.29, 1.82) is 0 Å². The van der Waals surface area contributed by atoms with Gasteiger partial charge in [-0.2, -0.15) is 0 Å². The van der Waals surface area contributed by atoms with E-state index in [1.54, 1.807) is 6.92 Å². The topological polar surface area (TPSA) is 102 Å². The number of nitrogens with one attached hydrogen (secondary N) is 1. The molecule has 0 unspecified atom stereocenters. The van der Waals surface area contributed by atoms with E-state index < -0.39 is 16.0 Å². The molecule has 2 aromatic rings. The van der Waals surface area contributed by atoms with Crippen molar-refractivity contribution in [2.45, 2.75) is 11.8 Å². The smallest absolute Gasteiger partial charge is 0.335 e. The number of carbonyl (C=O) groups is 1. The fourth-order valence-electron chi connectivity index (χ4n) is 2.14. The number of methoxy groups -OCH3 is 2. The number of anilines is 1. The van der Waals surface area contributed by atoms with Crippen molar-refractivity contribution in [2.75, 3.05) is 18.9 Å². The van der Waals surface area contributed by atoms with E-state index in [-0.39, 0.29) is 32.7 Å². The highest BCUT2D eigenvalue weighted by molar-refractivity contribution is 7.92. The van der Waals surface area contributed by atoms with Gasteiger partial charge in [0.05, 0.1) is 35.4 Å². The molecule has 134 valence electrons. The monoisotopic (exact) mass is 385 g/mol. The molecule has 0 saturated carbocycles. The van der Waals surface area contributed by atoms with Gasteiger partial charge in [-0.1, -0.05) is 17.7 Å². The highest BCUT2D eigenvalue weighted by atomic mass is 35.5. The zero-order chi connectivity index (χ0) is 18.8. The number of aryl methyl sites for hydroxylation is 1. The molecule has 0 spiro atoms. The molecule has 0 bridgehead atoms. The van der Waals surface area contributed by atoms with E-state index in [0.29, 0.717) is 5.56 Å². The lowest BCUT2D eigenvalue weighted by Crippen LogP contribution is -2.15. The predicted octanol–water partition coefficient (Wildman–Crippen LogP) is 3.16. The van der Waals surface area contributed by atoms with Crippen LogP contribution in [0, 0.1) is 6.92 Å². The maximum Gasteiger partial charge on any atom is 0.335 e. The molecule has 0 aromatic heterocycles. The van der Waals surface area contributed by atoms with Crippen LogP contribution in [0.4, 0.5) is 5.69 Å². The summed E-state index contributed by atoms with van der Waals surface area (Å²) in [6, 6.07) is 6.64. The summed E-state index contributed by atoms with van der Waals surface area (Å²) in [5, 5.41) is 9.42. The molecule has 2 aromatic carbocycles. The van der Waals surface area contributed by atoms with E-state index in [0.717, 1.165) is 6.07 Å². The summed E-state index contributed by atoms with van der Waals surface area (Å²) >= 11 is 5.99. The van der Waals surface area contributed by atoms with Gasteiger partial charge in [-0.05, 0) is 24.6 Å². The van der Waals surface area contributed by atoms with E-state index in [4.69, 9.17) is 26.2 Å². The number of ether oxygens (including phenoxy) is 2. The molecule has 0 heterocycles. The Kier molecular flexibility index (Phi) is 5.44. The lowest BCUT2D eigenvalue weighted by atomic mass is 10.1. The first kappa shape index (κ1) is 18.9. The van der Waals surface area contributed by atoms with Gasteiger partial charge >= 0.3 is 5.97 Å². The third kappa shape index (κ3) is 3.97. The van der Waals surface area contributed by atoms with Crippen LogP contribution in [0.15, 0.2) is 35.2 Å². The second-order valence-electron chi connectivity index (χ2n) is 5.07. The number of hydrogen-bond donors (Lipinski definition) is 2. The second kappa shape index (κ2) is 7.20. The Morgan fingerprint density at radius 2 is 1.76 bits per heavy atom. The number of halogens is 1. The number of carboxylic acid groups (broad SMARTS) is 1. The first-order valence-electron chi connectivity index (χ1n) is 6.98. The Morgan fingerprint density at radius 1 is 1.12 bits per heavy atom. The summed E-state index contributed by atoms with van der Waals surface area (Å²) in [6.07, 6.45) is 0. The van der Waals surface area contributed by atoms with E-state index in [1.165, 1.54) is 38.5 Å². The lowest BCUT2D eigenvalue weighted by Gasteiger charge is -2.14. The van der Waals surface area contributed by atoms with Gasteiger partial charge in [-0.15, -0.1) is 0 Å². The summed E-state index contributed by atoms with van der Waals surface area (Å²) in [5.41, 5.74) is 0.474. The molecular weight excluding hydrogens is 370 g/mol.